The molecule has 1 aromatic heterocycles. The first-order valence-electron chi connectivity index (χ1n) is 9.52. The molecule has 3 N–H and O–H groups in total. The van der Waals surface area contributed by atoms with Gasteiger partial charge in [0.1, 0.15) is 5.82 Å². The van der Waals surface area contributed by atoms with Gasteiger partial charge in [-0.3, -0.25) is 4.99 Å². The minimum absolute atomic E-state index is 0.218. The fourth-order valence-electron chi connectivity index (χ4n) is 3.23. The van der Waals surface area contributed by atoms with Crippen molar-refractivity contribution in [1.82, 2.24) is 25.5 Å². The predicted molar refractivity (Wildman–Crippen MR) is 106 cm³/mol. The Kier molecular flexibility index (Phi) is 6.51. The number of nitrogens with zero attached hydrogens (tertiary/aromatic N) is 3. The molecule has 0 aliphatic carbocycles. The van der Waals surface area contributed by atoms with Crippen LogP contribution >= 0.6 is 0 Å². The van der Waals surface area contributed by atoms with Gasteiger partial charge in [-0.05, 0) is 31.9 Å². The molecule has 1 amide bonds. The molecule has 0 bridgehead atoms. The third kappa shape index (κ3) is 5.12. The first-order valence-corrected chi connectivity index (χ1v) is 9.52. The van der Waals surface area contributed by atoms with Gasteiger partial charge in [-0.1, -0.05) is 12.1 Å². The van der Waals surface area contributed by atoms with Crippen LogP contribution in [0.5, 0.6) is 0 Å². The molecule has 0 spiro atoms. The summed E-state index contributed by atoms with van der Waals surface area (Å²) < 4.78 is 5.06. The number of piperidine rings is 1. The third-order valence-corrected chi connectivity index (χ3v) is 4.68. The molecule has 8 heteroatoms. The molecule has 0 atom stereocenters. The Labute approximate surface area is 159 Å². The van der Waals surface area contributed by atoms with Gasteiger partial charge in [-0.15, -0.1) is 0 Å². The normalized spacial score (nSPS) is 15.8. The van der Waals surface area contributed by atoms with Crippen LogP contribution in [0.15, 0.2) is 29.3 Å². The summed E-state index contributed by atoms with van der Waals surface area (Å²) in [6, 6.07) is 8.33. The zero-order chi connectivity index (χ0) is 19.1. The highest BCUT2D eigenvalue weighted by Crippen LogP contribution is 2.12. The van der Waals surface area contributed by atoms with Crippen LogP contribution in [0, 0.1) is 0 Å². The fraction of sp³-hybridized carbons (Fsp3) is 0.526. The molecule has 2 heterocycles. The number of likely N-dealkylation sites (tertiary alicyclic amines) is 1. The average Bonchev–Trinajstić information content (AvgIpc) is 3.10. The van der Waals surface area contributed by atoms with E-state index in [0.717, 1.165) is 48.6 Å². The molecule has 1 fully saturated rings. The molecule has 1 aliphatic rings. The van der Waals surface area contributed by atoms with E-state index in [-0.39, 0.29) is 6.09 Å². The summed E-state index contributed by atoms with van der Waals surface area (Å²) in [7, 11) is 1.77. The van der Waals surface area contributed by atoms with Crippen molar-refractivity contribution in [2.75, 3.05) is 33.3 Å². The van der Waals surface area contributed by atoms with Crippen molar-refractivity contribution in [2.45, 2.75) is 32.2 Å². The number of carbonyl (C=O) groups is 1. The summed E-state index contributed by atoms with van der Waals surface area (Å²) in [4.78, 5) is 25.7. The maximum atomic E-state index is 11.8. The largest absolute Gasteiger partial charge is 0.450 e. The quantitative estimate of drug-likeness (QED) is 0.550. The average molecular weight is 372 g/mol. The molecular formula is C19H28N6O2. The number of nitrogens with one attached hydrogen (secondary N) is 3. The lowest BCUT2D eigenvalue weighted by molar-refractivity contribution is 0.0963. The number of hydrogen-bond donors (Lipinski definition) is 3. The van der Waals surface area contributed by atoms with Gasteiger partial charge in [0.15, 0.2) is 5.96 Å². The van der Waals surface area contributed by atoms with E-state index >= 15 is 0 Å². The molecule has 27 heavy (non-hydrogen) atoms. The second kappa shape index (κ2) is 9.25. The molecule has 1 saturated heterocycles. The van der Waals surface area contributed by atoms with E-state index in [4.69, 9.17) is 4.74 Å². The molecule has 1 aliphatic heterocycles. The summed E-state index contributed by atoms with van der Waals surface area (Å²) in [5.74, 6) is 1.74. The standard InChI is InChI=1S/C19H28N6O2/c1-3-27-19(26)25-12-9-14(10-13-25)22-18(20-2)21-11-8-17-23-15-6-4-5-7-16(15)24-17/h4-7,14H,3,8-13H2,1-2H3,(H,23,24)(H2,20,21,22). The summed E-state index contributed by atoms with van der Waals surface area (Å²) in [6.07, 6.45) is 2.33. The molecule has 2 aromatic rings. The number of carbonyl (C=O) groups excluding carboxylic acids is 1. The van der Waals surface area contributed by atoms with Gasteiger partial charge < -0.3 is 25.3 Å². The minimum Gasteiger partial charge on any atom is -0.450 e. The zero-order valence-electron chi connectivity index (χ0n) is 16.0. The third-order valence-electron chi connectivity index (χ3n) is 4.68. The van der Waals surface area contributed by atoms with Crippen LogP contribution in [0.2, 0.25) is 0 Å². The maximum Gasteiger partial charge on any atom is 0.409 e. The lowest BCUT2D eigenvalue weighted by Crippen LogP contribution is -2.50. The van der Waals surface area contributed by atoms with E-state index in [1.807, 2.05) is 31.2 Å². The van der Waals surface area contributed by atoms with E-state index < -0.39 is 0 Å². The number of aromatic nitrogens is 2. The first kappa shape index (κ1) is 19.0. The molecule has 146 valence electrons. The zero-order valence-corrected chi connectivity index (χ0v) is 16.0. The van der Waals surface area contributed by atoms with Crippen LogP contribution in [-0.2, 0) is 11.2 Å². The molecule has 0 saturated carbocycles. The Bertz CT molecular complexity index is 746. The van der Waals surface area contributed by atoms with E-state index in [1.54, 1.807) is 11.9 Å². The van der Waals surface area contributed by atoms with Crippen molar-refractivity contribution in [2.24, 2.45) is 4.99 Å². The number of amides is 1. The predicted octanol–water partition coefficient (Wildman–Crippen LogP) is 1.89. The number of rotatable bonds is 5. The summed E-state index contributed by atoms with van der Waals surface area (Å²) in [5, 5.41) is 6.78. The van der Waals surface area contributed by atoms with Gasteiger partial charge in [0.05, 0.1) is 17.6 Å². The number of benzene rings is 1. The van der Waals surface area contributed by atoms with Crippen molar-refractivity contribution in [3.05, 3.63) is 30.1 Å². The summed E-state index contributed by atoms with van der Waals surface area (Å²) >= 11 is 0. The van der Waals surface area contributed by atoms with Crippen molar-refractivity contribution >= 4 is 23.1 Å². The highest BCUT2D eigenvalue weighted by atomic mass is 16.6. The molecular weight excluding hydrogens is 344 g/mol. The van der Waals surface area contributed by atoms with E-state index in [1.165, 1.54) is 0 Å². The second-order valence-corrected chi connectivity index (χ2v) is 6.55. The molecule has 0 unspecified atom stereocenters. The number of guanidine groups is 1. The molecule has 0 radical (unpaired) electrons. The fourth-order valence-corrected chi connectivity index (χ4v) is 3.23. The van der Waals surface area contributed by atoms with Gasteiger partial charge >= 0.3 is 6.09 Å². The summed E-state index contributed by atoms with van der Waals surface area (Å²) in [6.45, 7) is 4.38. The number of H-pyrrole nitrogens is 1. The number of para-hydroxylation sites is 2. The van der Waals surface area contributed by atoms with Crippen LogP contribution in [0.1, 0.15) is 25.6 Å². The van der Waals surface area contributed by atoms with E-state index in [0.29, 0.717) is 25.7 Å². The smallest absolute Gasteiger partial charge is 0.409 e. The Morgan fingerprint density at radius 2 is 2.15 bits per heavy atom. The summed E-state index contributed by atoms with van der Waals surface area (Å²) in [5.41, 5.74) is 2.05. The second-order valence-electron chi connectivity index (χ2n) is 6.55. The van der Waals surface area contributed by atoms with Crippen LogP contribution in [0.25, 0.3) is 11.0 Å². The minimum atomic E-state index is -0.218. The van der Waals surface area contributed by atoms with Crippen LogP contribution in [-0.4, -0.2) is 66.3 Å². The lowest BCUT2D eigenvalue weighted by atomic mass is 10.1. The SMILES string of the molecule is CCOC(=O)N1CCC(NC(=NC)NCCc2nc3ccccc3[nH]2)CC1. The molecule has 1 aromatic carbocycles. The van der Waals surface area contributed by atoms with E-state index in [2.05, 4.69) is 25.6 Å². The van der Waals surface area contributed by atoms with Gasteiger partial charge in [-0.25, -0.2) is 9.78 Å². The monoisotopic (exact) mass is 372 g/mol. The van der Waals surface area contributed by atoms with E-state index in [9.17, 15) is 4.79 Å². The van der Waals surface area contributed by atoms with Crippen LogP contribution in [0.4, 0.5) is 4.79 Å². The number of hydrogen-bond acceptors (Lipinski definition) is 4. The van der Waals surface area contributed by atoms with Gasteiger partial charge in [0.25, 0.3) is 0 Å². The maximum absolute atomic E-state index is 11.8. The Morgan fingerprint density at radius 3 is 2.85 bits per heavy atom. The first-order chi connectivity index (χ1) is 13.2. The number of aromatic amines is 1. The lowest BCUT2D eigenvalue weighted by Gasteiger charge is -2.32. The van der Waals surface area contributed by atoms with Crippen LogP contribution < -0.4 is 10.6 Å². The Morgan fingerprint density at radius 1 is 1.37 bits per heavy atom. The topological polar surface area (TPSA) is 94.6 Å². The van der Waals surface area contributed by atoms with Crippen molar-refractivity contribution in [3.8, 4) is 0 Å². The highest BCUT2D eigenvalue weighted by Gasteiger charge is 2.23. The molecule has 3 rings (SSSR count). The number of aliphatic imine (C=N–C) groups is 1. The van der Waals surface area contributed by atoms with Gasteiger partial charge in [0, 0.05) is 39.1 Å². The van der Waals surface area contributed by atoms with Crippen molar-refractivity contribution in [1.29, 1.82) is 0 Å². The van der Waals surface area contributed by atoms with Gasteiger partial charge in [-0.2, -0.15) is 0 Å². The highest BCUT2D eigenvalue weighted by molar-refractivity contribution is 5.80. The number of imidazole rings is 1. The Balaban J connectivity index is 1.41. The number of ether oxygens (including phenoxy) is 1. The van der Waals surface area contributed by atoms with Crippen molar-refractivity contribution < 1.29 is 9.53 Å². The molecule has 8 nitrogen and oxygen atoms in total. The van der Waals surface area contributed by atoms with Crippen molar-refractivity contribution in [3.63, 3.8) is 0 Å². The Hall–Kier alpha value is -2.77. The number of fused-ring (bicyclic) bond motifs is 1. The van der Waals surface area contributed by atoms with Crippen LogP contribution in [0.3, 0.4) is 0 Å². The van der Waals surface area contributed by atoms with Gasteiger partial charge in [0.2, 0.25) is 0 Å².